The Morgan fingerprint density at radius 3 is 2.34 bits per heavy atom. The summed E-state index contributed by atoms with van der Waals surface area (Å²) in [5.41, 5.74) is 5.43. The van der Waals surface area contributed by atoms with E-state index in [0.717, 1.165) is 11.2 Å². The van der Waals surface area contributed by atoms with Crippen molar-refractivity contribution in [1.29, 1.82) is 0 Å². The lowest BCUT2D eigenvalue weighted by atomic mass is 10.1. The fourth-order valence-corrected chi connectivity index (χ4v) is 5.81. The molecule has 0 saturated carbocycles. The van der Waals surface area contributed by atoms with Gasteiger partial charge in [0.2, 0.25) is 5.96 Å². The molecule has 7 unspecified atom stereocenters. The molecule has 0 radical (unpaired) electrons. The largest absolute Gasteiger partial charge is 0.490 e. The second-order valence-electron chi connectivity index (χ2n) is 6.29. The van der Waals surface area contributed by atoms with Crippen molar-refractivity contribution in [3.8, 4) is 0 Å². The Morgan fingerprint density at radius 2 is 1.72 bits per heavy atom. The number of nitrogens with zero attached hydrogens (tertiary/aromatic N) is 4. The predicted octanol–water partition coefficient (Wildman–Crippen LogP) is -3.26. The van der Waals surface area contributed by atoms with E-state index in [9.17, 15) is 33.6 Å². The summed E-state index contributed by atoms with van der Waals surface area (Å²) in [7, 11) is -16.8. The smallest absolute Gasteiger partial charge is 0.387 e. The van der Waals surface area contributed by atoms with Gasteiger partial charge in [0.15, 0.2) is 18.1 Å². The van der Waals surface area contributed by atoms with Crippen molar-refractivity contribution in [1.82, 2.24) is 4.90 Å². The third-order valence-electron chi connectivity index (χ3n) is 3.97. The van der Waals surface area contributed by atoms with Gasteiger partial charge in [0.25, 0.3) is 5.91 Å². The van der Waals surface area contributed by atoms with Crippen LogP contribution in [0.4, 0.5) is 0 Å². The highest BCUT2D eigenvalue weighted by Gasteiger charge is 2.50. The minimum atomic E-state index is -5.73. The number of fused-ring (bicyclic) bond motifs is 1. The molecular formula is C10H16N5O14P3. The highest BCUT2D eigenvalue weighted by Crippen LogP contribution is 2.66. The zero-order valence-corrected chi connectivity index (χ0v) is 18.0. The molecule has 19 nitrogen and oxygen atoms in total. The van der Waals surface area contributed by atoms with Gasteiger partial charge in [-0.2, -0.15) is 18.6 Å². The summed E-state index contributed by atoms with van der Waals surface area (Å²) in [6.07, 6.45) is -5.30. The molecule has 0 aromatic carbocycles. The Balaban J connectivity index is 1.65. The number of amides is 1. The van der Waals surface area contributed by atoms with Gasteiger partial charge in [-0.1, -0.05) is 0 Å². The van der Waals surface area contributed by atoms with Crippen LogP contribution in [-0.4, -0.2) is 95.9 Å². The highest BCUT2D eigenvalue weighted by atomic mass is 31.3. The summed E-state index contributed by atoms with van der Waals surface area (Å²) >= 11 is 0. The number of hydrogen-bond acceptors (Lipinski definition) is 14. The maximum Gasteiger partial charge on any atom is 0.490 e. The third kappa shape index (κ3) is 5.73. The van der Waals surface area contributed by atoms with Crippen molar-refractivity contribution in [2.24, 2.45) is 20.7 Å². The molecule has 22 heteroatoms. The minimum absolute atomic E-state index is 0.0627. The summed E-state index contributed by atoms with van der Waals surface area (Å²) in [6, 6.07) is -1.15. The summed E-state index contributed by atoms with van der Waals surface area (Å²) in [6.45, 7) is -1.01. The van der Waals surface area contributed by atoms with Crippen LogP contribution in [-0.2, 0) is 36.4 Å². The lowest BCUT2D eigenvalue weighted by Gasteiger charge is -2.27. The molecule has 1 fully saturated rings. The maximum atomic E-state index is 11.8. The molecule has 0 spiro atoms. The molecular weight excluding hydrogens is 507 g/mol. The topological polar surface area (TPSA) is 293 Å². The Bertz CT molecular complexity index is 1020. The van der Waals surface area contributed by atoms with Gasteiger partial charge in [-0.3, -0.25) is 19.2 Å². The first-order valence-corrected chi connectivity index (χ1v) is 12.7. The fraction of sp³-hybridized carbons (Fsp3) is 0.600. The number of ether oxygens (including phenoxy) is 1. The van der Waals surface area contributed by atoms with Crippen LogP contribution in [0.5, 0.6) is 0 Å². The van der Waals surface area contributed by atoms with Crippen LogP contribution in [0.1, 0.15) is 0 Å². The van der Waals surface area contributed by atoms with E-state index in [0.29, 0.717) is 0 Å². The van der Waals surface area contributed by atoms with Crippen molar-refractivity contribution >= 4 is 47.5 Å². The van der Waals surface area contributed by atoms with Crippen molar-refractivity contribution in [3.63, 3.8) is 0 Å². The number of hydrogen-bond donors (Lipinski definition) is 7. The first kappa shape index (κ1) is 25.2. The molecule has 1 saturated heterocycles. The van der Waals surface area contributed by atoms with E-state index >= 15 is 0 Å². The quantitative estimate of drug-likeness (QED) is 0.154. The number of aliphatic imine (C=N–C) groups is 3. The highest BCUT2D eigenvalue weighted by molar-refractivity contribution is 7.66. The number of amidine groups is 1. The summed E-state index contributed by atoms with van der Waals surface area (Å²) < 4.78 is 50.6. The Hall–Kier alpha value is -1.43. The standard InChI is InChI=1S/C10H16N5O14P3/c11-10-13-7-4(8(18)14-10)12-2-15(7)9-6(17)5(16)3(27-9)1-26-31(22,23)29-32(24,25)28-30(19,20)21/h2-6,9,16-17H,1H2,(H,22,23)(H,24,25)(H2,11,14,18)(H2,19,20,21). The van der Waals surface area contributed by atoms with Gasteiger partial charge in [-0.05, 0) is 0 Å². The van der Waals surface area contributed by atoms with Crippen LogP contribution in [0, 0.1) is 0 Å². The lowest BCUT2D eigenvalue weighted by molar-refractivity contribution is -0.117. The number of aliphatic hydroxyl groups is 2. The van der Waals surface area contributed by atoms with E-state index in [1.54, 1.807) is 0 Å². The Morgan fingerprint density at radius 1 is 1.06 bits per heavy atom. The SMILES string of the molecule is NC1=NC(=O)C2N=CN(C3OC(COP(=O)(O)OP(=O)(O)OP(=O)(O)O)C(O)C3O)C2=N1. The average Bonchev–Trinajstić information content (AvgIpc) is 3.12. The number of guanidine groups is 1. The molecule has 8 N–H and O–H groups in total. The molecule has 0 aliphatic carbocycles. The first-order valence-electron chi connectivity index (χ1n) is 8.17. The van der Waals surface area contributed by atoms with Gasteiger partial charge in [-0.15, -0.1) is 0 Å². The van der Waals surface area contributed by atoms with Gasteiger partial charge >= 0.3 is 23.5 Å². The number of carbonyl (C=O) groups is 1. The molecule has 7 atom stereocenters. The van der Waals surface area contributed by atoms with Crippen molar-refractivity contribution < 1.29 is 66.2 Å². The molecule has 0 aromatic rings. The molecule has 0 bridgehead atoms. The number of aliphatic hydroxyl groups excluding tert-OH is 2. The predicted molar refractivity (Wildman–Crippen MR) is 98.7 cm³/mol. The molecule has 0 aromatic heterocycles. The van der Waals surface area contributed by atoms with Crippen LogP contribution in [0.3, 0.4) is 0 Å². The third-order valence-corrected chi connectivity index (χ3v) is 7.77. The number of carbonyl (C=O) groups excluding carboxylic acids is 1. The zero-order chi connectivity index (χ0) is 24.1. The van der Waals surface area contributed by atoms with E-state index in [-0.39, 0.29) is 11.8 Å². The van der Waals surface area contributed by atoms with E-state index in [1.807, 2.05) is 0 Å². The maximum absolute atomic E-state index is 11.8. The molecule has 180 valence electrons. The van der Waals surface area contributed by atoms with Gasteiger partial charge < -0.3 is 40.3 Å². The first-order chi connectivity index (χ1) is 14.6. The monoisotopic (exact) mass is 523 g/mol. The second-order valence-corrected chi connectivity index (χ2v) is 10.7. The van der Waals surface area contributed by atoms with E-state index in [1.165, 1.54) is 0 Å². The normalized spacial score (nSPS) is 34.0. The molecule has 3 aliphatic rings. The van der Waals surface area contributed by atoms with Crippen LogP contribution in [0.15, 0.2) is 15.0 Å². The Kier molecular flexibility index (Phi) is 6.88. The van der Waals surface area contributed by atoms with Crippen molar-refractivity contribution in [3.05, 3.63) is 0 Å². The van der Waals surface area contributed by atoms with E-state index in [4.69, 9.17) is 25.2 Å². The molecule has 3 rings (SSSR count). The summed E-state index contributed by atoms with van der Waals surface area (Å²) in [4.78, 5) is 59.6. The van der Waals surface area contributed by atoms with E-state index in [2.05, 4.69) is 28.1 Å². The van der Waals surface area contributed by atoms with Gasteiger partial charge in [0, 0.05) is 0 Å². The van der Waals surface area contributed by atoms with Crippen LogP contribution >= 0.6 is 23.5 Å². The number of nitrogens with two attached hydrogens (primary N) is 1. The van der Waals surface area contributed by atoms with Crippen LogP contribution in [0.25, 0.3) is 0 Å². The van der Waals surface area contributed by atoms with Gasteiger partial charge in [0.05, 0.1) is 12.9 Å². The molecule has 3 aliphatic heterocycles. The van der Waals surface area contributed by atoms with Crippen molar-refractivity contribution in [2.45, 2.75) is 30.6 Å². The van der Waals surface area contributed by atoms with Crippen molar-refractivity contribution in [2.75, 3.05) is 6.61 Å². The summed E-state index contributed by atoms with van der Waals surface area (Å²) in [5, 5.41) is 20.4. The number of rotatable bonds is 8. The fourth-order valence-electron chi connectivity index (χ4n) is 2.78. The second kappa shape index (κ2) is 8.73. The van der Waals surface area contributed by atoms with Gasteiger partial charge in [-0.25, -0.2) is 13.7 Å². The van der Waals surface area contributed by atoms with Crippen LogP contribution < -0.4 is 5.73 Å². The average molecular weight is 523 g/mol. The van der Waals surface area contributed by atoms with Gasteiger partial charge in [0.1, 0.15) is 18.3 Å². The molecule has 3 heterocycles. The number of phosphoric acid groups is 3. The molecule has 1 amide bonds. The number of phosphoric ester groups is 1. The zero-order valence-electron chi connectivity index (χ0n) is 15.3. The van der Waals surface area contributed by atoms with Crippen LogP contribution in [0.2, 0.25) is 0 Å². The Labute approximate surface area is 177 Å². The van der Waals surface area contributed by atoms with E-state index < -0.39 is 66.6 Å². The lowest BCUT2D eigenvalue weighted by Crippen LogP contribution is -2.49. The minimum Gasteiger partial charge on any atom is -0.387 e. The molecule has 32 heavy (non-hydrogen) atoms. The summed E-state index contributed by atoms with van der Waals surface area (Å²) in [5.74, 6) is -1.18.